The van der Waals surface area contributed by atoms with Gasteiger partial charge in [-0.2, -0.15) is 0 Å². The SMILES string of the molecule is COCC(C)CCC(C)Cl. The number of alkyl halides is 1. The number of methoxy groups -OCH3 is 1. The molecule has 62 valence electrons. The first kappa shape index (κ1) is 10.2. The van der Waals surface area contributed by atoms with E-state index in [1.807, 2.05) is 6.92 Å². The van der Waals surface area contributed by atoms with Crippen LogP contribution in [0.15, 0.2) is 0 Å². The molecule has 2 unspecified atom stereocenters. The lowest BCUT2D eigenvalue weighted by atomic mass is 10.1. The minimum Gasteiger partial charge on any atom is -0.384 e. The Morgan fingerprint density at radius 3 is 2.30 bits per heavy atom. The van der Waals surface area contributed by atoms with Gasteiger partial charge in [-0.15, -0.1) is 11.6 Å². The first-order valence-corrected chi connectivity index (χ1v) is 4.23. The summed E-state index contributed by atoms with van der Waals surface area (Å²) in [5.74, 6) is 0.645. The summed E-state index contributed by atoms with van der Waals surface area (Å²) in [7, 11) is 1.74. The highest BCUT2D eigenvalue weighted by atomic mass is 35.5. The quantitative estimate of drug-likeness (QED) is 0.568. The fourth-order valence-electron chi connectivity index (χ4n) is 0.882. The Balaban J connectivity index is 3.12. The van der Waals surface area contributed by atoms with Crippen LogP contribution < -0.4 is 0 Å². The summed E-state index contributed by atoms with van der Waals surface area (Å²) in [6, 6.07) is 0. The largest absolute Gasteiger partial charge is 0.384 e. The number of hydrogen-bond acceptors (Lipinski definition) is 1. The zero-order valence-corrected chi connectivity index (χ0v) is 7.82. The molecule has 0 aliphatic heterocycles. The smallest absolute Gasteiger partial charge is 0.0487 e. The maximum atomic E-state index is 5.78. The number of rotatable bonds is 5. The van der Waals surface area contributed by atoms with Crippen LogP contribution in [-0.4, -0.2) is 19.1 Å². The third-order valence-corrected chi connectivity index (χ3v) is 1.73. The molecule has 0 amide bonds. The van der Waals surface area contributed by atoms with E-state index in [2.05, 4.69) is 6.92 Å². The second-order valence-electron chi connectivity index (χ2n) is 2.92. The second kappa shape index (κ2) is 5.99. The van der Waals surface area contributed by atoms with Gasteiger partial charge in [0.25, 0.3) is 0 Å². The van der Waals surface area contributed by atoms with Gasteiger partial charge in [0.15, 0.2) is 0 Å². The van der Waals surface area contributed by atoms with Crippen LogP contribution in [0.4, 0.5) is 0 Å². The van der Waals surface area contributed by atoms with Crippen LogP contribution in [0.1, 0.15) is 26.7 Å². The molecule has 0 saturated carbocycles. The van der Waals surface area contributed by atoms with Crippen molar-refractivity contribution in [2.24, 2.45) is 5.92 Å². The number of ether oxygens (including phenoxy) is 1. The van der Waals surface area contributed by atoms with Gasteiger partial charge in [-0.25, -0.2) is 0 Å². The van der Waals surface area contributed by atoms with E-state index in [0.717, 1.165) is 13.0 Å². The molecule has 0 aliphatic rings. The highest BCUT2D eigenvalue weighted by Gasteiger charge is 2.03. The molecule has 0 fully saturated rings. The summed E-state index contributed by atoms with van der Waals surface area (Å²) in [6.07, 6.45) is 2.25. The monoisotopic (exact) mass is 164 g/mol. The van der Waals surface area contributed by atoms with E-state index in [0.29, 0.717) is 11.3 Å². The summed E-state index contributed by atoms with van der Waals surface area (Å²) in [5.41, 5.74) is 0. The molecule has 0 spiro atoms. The van der Waals surface area contributed by atoms with Crippen molar-refractivity contribution in [3.63, 3.8) is 0 Å². The lowest BCUT2D eigenvalue weighted by Crippen LogP contribution is -2.05. The number of halogens is 1. The summed E-state index contributed by atoms with van der Waals surface area (Å²) < 4.78 is 4.99. The van der Waals surface area contributed by atoms with Gasteiger partial charge in [0.1, 0.15) is 0 Å². The topological polar surface area (TPSA) is 9.23 Å². The maximum Gasteiger partial charge on any atom is 0.0487 e. The van der Waals surface area contributed by atoms with E-state index in [1.54, 1.807) is 7.11 Å². The Bertz CT molecular complexity index is 73.7. The maximum absolute atomic E-state index is 5.78. The van der Waals surface area contributed by atoms with Crippen molar-refractivity contribution < 1.29 is 4.74 Å². The fraction of sp³-hybridized carbons (Fsp3) is 1.00. The molecule has 0 aliphatic carbocycles. The van der Waals surface area contributed by atoms with Gasteiger partial charge in [0.05, 0.1) is 0 Å². The fourth-order valence-corrected chi connectivity index (χ4v) is 1.01. The van der Waals surface area contributed by atoms with Crippen LogP contribution in [0.3, 0.4) is 0 Å². The van der Waals surface area contributed by atoms with E-state index >= 15 is 0 Å². The van der Waals surface area contributed by atoms with Gasteiger partial charge in [0.2, 0.25) is 0 Å². The van der Waals surface area contributed by atoms with Gasteiger partial charge in [-0.05, 0) is 25.7 Å². The molecular formula is C8H17ClO. The molecule has 2 heteroatoms. The van der Waals surface area contributed by atoms with Crippen molar-refractivity contribution in [1.29, 1.82) is 0 Å². The van der Waals surface area contributed by atoms with E-state index in [1.165, 1.54) is 6.42 Å². The average Bonchev–Trinajstić information content (AvgIpc) is 1.85. The lowest BCUT2D eigenvalue weighted by Gasteiger charge is -2.09. The van der Waals surface area contributed by atoms with Crippen molar-refractivity contribution in [3.8, 4) is 0 Å². The summed E-state index contributed by atoms with van der Waals surface area (Å²) in [6.45, 7) is 5.06. The minimum absolute atomic E-state index is 0.305. The Kier molecular flexibility index (Phi) is 6.14. The van der Waals surface area contributed by atoms with Crippen molar-refractivity contribution in [1.82, 2.24) is 0 Å². The predicted molar refractivity (Wildman–Crippen MR) is 45.6 cm³/mol. The zero-order chi connectivity index (χ0) is 7.98. The highest BCUT2D eigenvalue weighted by Crippen LogP contribution is 2.11. The predicted octanol–water partition coefficient (Wildman–Crippen LogP) is 2.68. The summed E-state index contributed by atoms with van der Waals surface area (Å²) in [5, 5.41) is 0.305. The summed E-state index contributed by atoms with van der Waals surface area (Å²) >= 11 is 5.78. The molecule has 0 radical (unpaired) electrons. The van der Waals surface area contributed by atoms with Crippen molar-refractivity contribution in [2.45, 2.75) is 32.1 Å². The van der Waals surface area contributed by atoms with Crippen LogP contribution in [-0.2, 0) is 4.74 Å². The molecule has 0 rings (SSSR count). The Hall–Kier alpha value is 0.250. The molecule has 0 saturated heterocycles. The molecule has 0 aromatic carbocycles. The van der Waals surface area contributed by atoms with Gasteiger partial charge in [-0.1, -0.05) is 6.92 Å². The van der Waals surface area contributed by atoms with E-state index < -0.39 is 0 Å². The molecule has 10 heavy (non-hydrogen) atoms. The van der Waals surface area contributed by atoms with Crippen LogP contribution in [0.2, 0.25) is 0 Å². The Labute approximate surface area is 68.7 Å². The Morgan fingerprint density at radius 2 is 1.90 bits per heavy atom. The molecule has 0 aromatic heterocycles. The van der Waals surface area contributed by atoms with E-state index in [4.69, 9.17) is 16.3 Å². The van der Waals surface area contributed by atoms with Crippen LogP contribution in [0.25, 0.3) is 0 Å². The van der Waals surface area contributed by atoms with Gasteiger partial charge >= 0.3 is 0 Å². The molecule has 0 bridgehead atoms. The number of hydrogen-bond donors (Lipinski definition) is 0. The van der Waals surface area contributed by atoms with Gasteiger partial charge in [-0.3, -0.25) is 0 Å². The first-order valence-electron chi connectivity index (χ1n) is 3.79. The van der Waals surface area contributed by atoms with Gasteiger partial charge < -0.3 is 4.74 Å². The first-order chi connectivity index (χ1) is 4.66. The standard InChI is InChI=1S/C8H17ClO/c1-7(6-10-3)4-5-8(2)9/h7-8H,4-6H2,1-3H3. The van der Waals surface area contributed by atoms with Crippen LogP contribution >= 0.6 is 11.6 Å². The average molecular weight is 165 g/mol. The van der Waals surface area contributed by atoms with Crippen molar-refractivity contribution in [2.75, 3.05) is 13.7 Å². The van der Waals surface area contributed by atoms with Crippen molar-refractivity contribution in [3.05, 3.63) is 0 Å². The second-order valence-corrected chi connectivity index (χ2v) is 3.66. The molecule has 0 N–H and O–H groups in total. The normalized spacial score (nSPS) is 16.8. The molecule has 0 aromatic rings. The third-order valence-electron chi connectivity index (χ3n) is 1.51. The highest BCUT2D eigenvalue weighted by molar-refractivity contribution is 6.20. The molecule has 1 nitrogen and oxygen atoms in total. The zero-order valence-electron chi connectivity index (χ0n) is 7.06. The van der Waals surface area contributed by atoms with Crippen LogP contribution in [0.5, 0.6) is 0 Å². The van der Waals surface area contributed by atoms with Crippen molar-refractivity contribution >= 4 is 11.6 Å². The molecule has 0 heterocycles. The minimum atomic E-state index is 0.305. The summed E-state index contributed by atoms with van der Waals surface area (Å²) in [4.78, 5) is 0. The Morgan fingerprint density at radius 1 is 1.30 bits per heavy atom. The van der Waals surface area contributed by atoms with Crippen LogP contribution in [0, 0.1) is 5.92 Å². The van der Waals surface area contributed by atoms with E-state index in [-0.39, 0.29) is 0 Å². The third kappa shape index (κ3) is 6.37. The lowest BCUT2D eigenvalue weighted by molar-refractivity contribution is 0.154. The molecule has 2 atom stereocenters. The van der Waals surface area contributed by atoms with Gasteiger partial charge in [0, 0.05) is 19.1 Å². The molecular weight excluding hydrogens is 148 g/mol. The van der Waals surface area contributed by atoms with E-state index in [9.17, 15) is 0 Å².